The number of rotatable bonds is 4. The zero-order valence-electron chi connectivity index (χ0n) is 10.1. The van der Waals surface area contributed by atoms with Crippen LogP contribution in [0.15, 0.2) is 0 Å². The lowest BCUT2D eigenvalue weighted by Gasteiger charge is -2.39. The summed E-state index contributed by atoms with van der Waals surface area (Å²) in [6.07, 6.45) is 1.88. The number of halogens is 3. The molecule has 0 spiro atoms. The van der Waals surface area contributed by atoms with E-state index >= 15 is 0 Å². The molecule has 0 aliphatic heterocycles. The lowest BCUT2D eigenvalue weighted by molar-refractivity contribution is -0.214. The molecule has 0 saturated heterocycles. The fourth-order valence-electron chi connectivity index (χ4n) is 2.47. The predicted molar refractivity (Wildman–Crippen MR) is 57.3 cm³/mol. The third-order valence-corrected chi connectivity index (χ3v) is 3.74. The lowest BCUT2D eigenvalue weighted by atomic mass is 9.76. The Kier molecular flexibility index (Phi) is 4.65. The van der Waals surface area contributed by atoms with Crippen LogP contribution in [0.5, 0.6) is 0 Å². The molecule has 0 N–H and O–H groups in total. The molecule has 4 heteroatoms. The Hall–Kier alpha value is -0.250. The van der Waals surface area contributed by atoms with Gasteiger partial charge in [0.1, 0.15) is 6.61 Å². The first-order valence-electron chi connectivity index (χ1n) is 6.08. The largest absolute Gasteiger partial charge is 0.411 e. The molecule has 0 bridgehead atoms. The molecule has 1 rings (SSSR count). The van der Waals surface area contributed by atoms with Crippen LogP contribution in [-0.4, -0.2) is 18.4 Å². The van der Waals surface area contributed by atoms with E-state index < -0.39 is 18.4 Å². The first-order valence-corrected chi connectivity index (χ1v) is 6.08. The zero-order valence-corrected chi connectivity index (χ0v) is 10.1. The van der Waals surface area contributed by atoms with Crippen LogP contribution in [0.4, 0.5) is 13.2 Å². The van der Waals surface area contributed by atoms with E-state index in [4.69, 9.17) is 4.74 Å². The first-order chi connectivity index (χ1) is 7.37. The summed E-state index contributed by atoms with van der Waals surface area (Å²) in [4.78, 5) is 0. The van der Waals surface area contributed by atoms with Crippen LogP contribution in [0.2, 0.25) is 0 Å². The van der Waals surface area contributed by atoms with E-state index in [0.717, 1.165) is 25.7 Å². The Morgan fingerprint density at radius 2 is 1.69 bits per heavy atom. The third kappa shape index (κ3) is 3.96. The van der Waals surface area contributed by atoms with E-state index in [1.54, 1.807) is 0 Å². The Morgan fingerprint density at radius 1 is 1.12 bits per heavy atom. The van der Waals surface area contributed by atoms with E-state index in [2.05, 4.69) is 0 Å². The number of ether oxygens (including phenoxy) is 1. The highest BCUT2D eigenvalue weighted by atomic mass is 19.4. The fraction of sp³-hybridized carbons (Fsp3) is 1.00. The molecule has 0 aromatic rings. The summed E-state index contributed by atoms with van der Waals surface area (Å²) in [5, 5.41) is 0. The average Bonchev–Trinajstić information content (AvgIpc) is 2.26. The van der Waals surface area contributed by atoms with Gasteiger partial charge in [-0.25, -0.2) is 0 Å². The van der Waals surface area contributed by atoms with Crippen LogP contribution in [0.1, 0.15) is 52.4 Å². The average molecular weight is 238 g/mol. The Bertz CT molecular complexity index is 209. The van der Waals surface area contributed by atoms with Crippen LogP contribution in [-0.2, 0) is 4.74 Å². The quantitative estimate of drug-likeness (QED) is 0.709. The molecule has 1 nitrogen and oxygen atoms in total. The summed E-state index contributed by atoms with van der Waals surface area (Å²) in [6.45, 7) is 2.62. The van der Waals surface area contributed by atoms with E-state index in [-0.39, 0.29) is 5.92 Å². The summed E-state index contributed by atoms with van der Waals surface area (Å²) in [6, 6.07) is 0. The number of alkyl halides is 3. The smallest absolute Gasteiger partial charge is 0.366 e. The van der Waals surface area contributed by atoms with Gasteiger partial charge in [0.05, 0.1) is 5.60 Å². The molecule has 0 amide bonds. The second-order valence-corrected chi connectivity index (χ2v) is 4.91. The summed E-state index contributed by atoms with van der Waals surface area (Å²) in [7, 11) is 0. The van der Waals surface area contributed by atoms with Crippen molar-refractivity contribution in [2.24, 2.45) is 5.92 Å². The van der Waals surface area contributed by atoms with Crippen LogP contribution in [0.3, 0.4) is 0 Å². The highest BCUT2D eigenvalue weighted by Gasteiger charge is 2.38. The van der Waals surface area contributed by atoms with Crippen molar-refractivity contribution in [3.05, 3.63) is 0 Å². The van der Waals surface area contributed by atoms with Gasteiger partial charge in [-0.15, -0.1) is 0 Å². The molecule has 0 aromatic carbocycles. The van der Waals surface area contributed by atoms with Crippen molar-refractivity contribution < 1.29 is 17.9 Å². The molecule has 0 radical (unpaired) electrons. The Labute approximate surface area is 95.4 Å². The molecular formula is C12H21F3O. The SMILES string of the molecule is CCC(C)(OCC(F)(F)F)C1CCCCC1. The Balaban J connectivity index is 2.54. The van der Waals surface area contributed by atoms with Gasteiger partial charge < -0.3 is 4.74 Å². The molecule has 96 valence electrons. The molecule has 1 unspecified atom stereocenters. The van der Waals surface area contributed by atoms with Gasteiger partial charge in [0, 0.05) is 0 Å². The predicted octanol–water partition coefficient (Wildman–Crippen LogP) is 4.31. The normalized spacial score (nSPS) is 23.1. The van der Waals surface area contributed by atoms with Gasteiger partial charge >= 0.3 is 6.18 Å². The molecule has 1 atom stereocenters. The van der Waals surface area contributed by atoms with E-state index in [1.807, 2.05) is 13.8 Å². The summed E-state index contributed by atoms with van der Waals surface area (Å²) in [5.41, 5.74) is -0.601. The van der Waals surface area contributed by atoms with Gasteiger partial charge in [-0.2, -0.15) is 13.2 Å². The molecule has 1 fully saturated rings. The maximum absolute atomic E-state index is 12.2. The number of hydrogen-bond donors (Lipinski definition) is 0. The van der Waals surface area contributed by atoms with Gasteiger partial charge in [-0.1, -0.05) is 26.2 Å². The second-order valence-electron chi connectivity index (χ2n) is 4.91. The highest BCUT2D eigenvalue weighted by Crippen LogP contribution is 2.37. The van der Waals surface area contributed by atoms with Gasteiger partial charge in [0.15, 0.2) is 0 Å². The molecular weight excluding hydrogens is 217 g/mol. The summed E-state index contributed by atoms with van der Waals surface area (Å²) < 4.78 is 41.7. The van der Waals surface area contributed by atoms with Crippen molar-refractivity contribution in [2.45, 2.75) is 64.1 Å². The van der Waals surface area contributed by atoms with Crippen molar-refractivity contribution >= 4 is 0 Å². The minimum Gasteiger partial charge on any atom is -0.366 e. The van der Waals surface area contributed by atoms with Crippen molar-refractivity contribution in [2.75, 3.05) is 6.61 Å². The molecule has 1 saturated carbocycles. The number of hydrogen-bond acceptors (Lipinski definition) is 1. The summed E-state index contributed by atoms with van der Waals surface area (Å²) >= 11 is 0. The second kappa shape index (κ2) is 5.39. The maximum Gasteiger partial charge on any atom is 0.411 e. The van der Waals surface area contributed by atoms with Crippen LogP contribution < -0.4 is 0 Å². The fourth-order valence-corrected chi connectivity index (χ4v) is 2.47. The minimum absolute atomic E-state index is 0.286. The van der Waals surface area contributed by atoms with Crippen LogP contribution in [0.25, 0.3) is 0 Å². The van der Waals surface area contributed by atoms with Gasteiger partial charge in [0.2, 0.25) is 0 Å². The van der Waals surface area contributed by atoms with Crippen molar-refractivity contribution in [3.63, 3.8) is 0 Å². The molecule has 0 heterocycles. The lowest BCUT2D eigenvalue weighted by Crippen LogP contribution is -2.41. The minimum atomic E-state index is -4.22. The van der Waals surface area contributed by atoms with Crippen molar-refractivity contribution in [1.29, 1.82) is 0 Å². The first kappa shape index (κ1) is 13.8. The van der Waals surface area contributed by atoms with Crippen LogP contribution >= 0.6 is 0 Å². The van der Waals surface area contributed by atoms with Crippen molar-refractivity contribution in [3.8, 4) is 0 Å². The van der Waals surface area contributed by atoms with Crippen LogP contribution in [0, 0.1) is 5.92 Å². The monoisotopic (exact) mass is 238 g/mol. The van der Waals surface area contributed by atoms with E-state index in [0.29, 0.717) is 6.42 Å². The van der Waals surface area contributed by atoms with E-state index in [1.165, 1.54) is 6.42 Å². The molecule has 0 aromatic heterocycles. The van der Waals surface area contributed by atoms with E-state index in [9.17, 15) is 13.2 Å². The maximum atomic E-state index is 12.2. The third-order valence-electron chi connectivity index (χ3n) is 3.74. The zero-order chi connectivity index (χ0) is 12.2. The van der Waals surface area contributed by atoms with Gasteiger partial charge in [-0.3, -0.25) is 0 Å². The summed E-state index contributed by atoms with van der Waals surface area (Å²) in [5.74, 6) is 0.286. The molecule has 1 aliphatic carbocycles. The standard InChI is InChI=1S/C12H21F3O/c1-3-11(2,16-9-12(13,14)15)10-7-5-4-6-8-10/h10H,3-9H2,1-2H3. The Morgan fingerprint density at radius 3 is 2.12 bits per heavy atom. The molecule has 16 heavy (non-hydrogen) atoms. The topological polar surface area (TPSA) is 9.23 Å². The van der Waals surface area contributed by atoms with Gasteiger partial charge in [0.25, 0.3) is 0 Å². The molecule has 1 aliphatic rings. The highest BCUT2D eigenvalue weighted by molar-refractivity contribution is 4.85. The van der Waals surface area contributed by atoms with Gasteiger partial charge in [-0.05, 0) is 32.1 Å². The van der Waals surface area contributed by atoms with Crippen molar-refractivity contribution in [1.82, 2.24) is 0 Å².